The van der Waals surface area contributed by atoms with Gasteiger partial charge in [-0.2, -0.15) is 0 Å². The summed E-state index contributed by atoms with van der Waals surface area (Å²) in [7, 11) is 0. The van der Waals surface area contributed by atoms with Crippen molar-refractivity contribution in [3.63, 3.8) is 0 Å². The number of benzene rings is 1. The van der Waals surface area contributed by atoms with E-state index in [0.29, 0.717) is 5.75 Å². The van der Waals surface area contributed by atoms with E-state index in [-0.39, 0.29) is 6.61 Å². The zero-order valence-electron chi connectivity index (χ0n) is 5.79. The molecule has 0 aliphatic carbocycles. The van der Waals surface area contributed by atoms with Crippen LogP contribution in [0.3, 0.4) is 0 Å². The first-order valence-electron chi connectivity index (χ1n) is 3.15. The summed E-state index contributed by atoms with van der Waals surface area (Å²) in [5, 5.41) is 0. The molecular weight excluding hydrogens is 208 g/mol. The topological polar surface area (TPSA) is 26.3 Å². The number of aldehydes is 1. The fourth-order valence-electron chi connectivity index (χ4n) is 0.687. The fourth-order valence-corrected chi connectivity index (χ4v) is 1.07. The molecule has 0 radical (unpaired) electrons. The standard InChI is InChI=1S/C8H7BrO2/c9-7-2-1-3-8(6-7)11-5-4-10/h1-4,6H,5H2. The van der Waals surface area contributed by atoms with E-state index in [9.17, 15) is 4.79 Å². The Morgan fingerprint density at radius 1 is 1.55 bits per heavy atom. The molecule has 3 heteroatoms. The molecular formula is C8H7BrO2. The SMILES string of the molecule is O=CCOc1cccc(Br)c1. The molecule has 0 amide bonds. The highest BCUT2D eigenvalue weighted by Gasteiger charge is 1.91. The first kappa shape index (κ1) is 8.27. The number of hydrogen-bond donors (Lipinski definition) is 0. The van der Waals surface area contributed by atoms with Crippen molar-refractivity contribution >= 4 is 22.2 Å². The van der Waals surface area contributed by atoms with Gasteiger partial charge in [0.25, 0.3) is 0 Å². The third-order valence-corrected chi connectivity index (χ3v) is 1.61. The van der Waals surface area contributed by atoms with Crippen LogP contribution < -0.4 is 4.74 Å². The highest BCUT2D eigenvalue weighted by molar-refractivity contribution is 9.10. The molecule has 0 bridgehead atoms. The summed E-state index contributed by atoms with van der Waals surface area (Å²) in [5.41, 5.74) is 0. The van der Waals surface area contributed by atoms with Gasteiger partial charge in [-0.3, -0.25) is 4.79 Å². The second-order valence-corrected chi connectivity index (χ2v) is 2.85. The van der Waals surface area contributed by atoms with Crippen molar-refractivity contribution < 1.29 is 9.53 Å². The molecule has 0 aliphatic rings. The van der Waals surface area contributed by atoms with Gasteiger partial charge in [-0.15, -0.1) is 0 Å². The predicted molar refractivity (Wildman–Crippen MR) is 45.7 cm³/mol. The van der Waals surface area contributed by atoms with Crippen LogP contribution in [0.5, 0.6) is 5.75 Å². The summed E-state index contributed by atoms with van der Waals surface area (Å²) in [6, 6.07) is 7.36. The summed E-state index contributed by atoms with van der Waals surface area (Å²) in [5.74, 6) is 0.700. The molecule has 0 N–H and O–H groups in total. The molecule has 0 aliphatic heterocycles. The number of rotatable bonds is 3. The Hall–Kier alpha value is -0.830. The van der Waals surface area contributed by atoms with E-state index in [1.165, 1.54) is 0 Å². The zero-order valence-corrected chi connectivity index (χ0v) is 7.37. The van der Waals surface area contributed by atoms with Crippen LogP contribution in [-0.4, -0.2) is 12.9 Å². The lowest BCUT2D eigenvalue weighted by Crippen LogP contribution is -1.96. The van der Waals surface area contributed by atoms with E-state index in [0.717, 1.165) is 10.8 Å². The van der Waals surface area contributed by atoms with Gasteiger partial charge >= 0.3 is 0 Å². The maximum Gasteiger partial charge on any atom is 0.157 e. The van der Waals surface area contributed by atoms with Crippen molar-refractivity contribution in [3.05, 3.63) is 28.7 Å². The summed E-state index contributed by atoms with van der Waals surface area (Å²) in [6.45, 7) is 0.108. The lowest BCUT2D eigenvalue weighted by molar-refractivity contribution is -0.109. The van der Waals surface area contributed by atoms with Crippen molar-refractivity contribution in [3.8, 4) is 5.75 Å². The van der Waals surface area contributed by atoms with Crippen molar-refractivity contribution in [2.75, 3.05) is 6.61 Å². The van der Waals surface area contributed by atoms with E-state index in [2.05, 4.69) is 15.9 Å². The second kappa shape index (κ2) is 4.13. The Kier molecular flexibility index (Phi) is 3.11. The third-order valence-electron chi connectivity index (χ3n) is 1.11. The van der Waals surface area contributed by atoms with Crippen LogP contribution in [0.15, 0.2) is 28.7 Å². The van der Waals surface area contributed by atoms with Crippen LogP contribution >= 0.6 is 15.9 Å². The molecule has 0 spiro atoms. The van der Waals surface area contributed by atoms with Crippen LogP contribution in [-0.2, 0) is 4.79 Å². The fraction of sp³-hybridized carbons (Fsp3) is 0.125. The van der Waals surface area contributed by atoms with Crippen LogP contribution in [0, 0.1) is 0 Å². The average molecular weight is 215 g/mol. The van der Waals surface area contributed by atoms with Gasteiger partial charge < -0.3 is 4.74 Å². The molecule has 0 saturated carbocycles. The Morgan fingerprint density at radius 2 is 2.36 bits per heavy atom. The van der Waals surface area contributed by atoms with Crippen LogP contribution in [0.4, 0.5) is 0 Å². The highest BCUT2D eigenvalue weighted by atomic mass is 79.9. The number of carbonyl (C=O) groups excluding carboxylic acids is 1. The van der Waals surface area contributed by atoms with Gasteiger partial charge in [-0.25, -0.2) is 0 Å². The second-order valence-electron chi connectivity index (χ2n) is 1.94. The molecule has 1 rings (SSSR count). The molecule has 0 fully saturated rings. The van der Waals surface area contributed by atoms with Crippen molar-refractivity contribution in [2.24, 2.45) is 0 Å². The number of halogens is 1. The monoisotopic (exact) mass is 214 g/mol. The van der Waals surface area contributed by atoms with E-state index in [1.54, 1.807) is 6.07 Å². The Labute approximate surface area is 73.3 Å². The van der Waals surface area contributed by atoms with Gasteiger partial charge in [-0.1, -0.05) is 22.0 Å². The van der Waals surface area contributed by atoms with Gasteiger partial charge in [0.2, 0.25) is 0 Å². The van der Waals surface area contributed by atoms with Crippen LogP contribution in [0.1, 0.15) is 0 Å². The maximum absolute atomic E-state index is 9.93. The molecule has 1 aromatic rings. The Bertz CT molecular complexity index is 248. The van der Waals surface area contributed by atoms with Gasteiger partial charge in [0, 0.05) is 4.47 Å². The third kappa shape index (κ3) is 2.72. The van der Waals surface area contributed by atoms with E-state index < -0.39 is 0 Å². The first-order chi connectivity index (χ1) is 5.33. The molecule has 0 unspecified atom stereocenters. The minimum Gasteiger partial charge on any atom is -0.486 e. The first-order valence-corrected chi connectivity index (χ1v) is 3.94. The van der Waals surface area contributed by atoms with Gasteiger partial charge in [0.1, 0.15) is 12.4 Å². The smallest absolute Gasteiger partial charge is 0.157 e. The summed E-state index contributed by atoms with van der Waals surface area (Å²) in [4.78, 5) is 9.93. The molecule has 0 heterocycles. The zero-order chi connectivity index (χ0) is 8.10. The number of ether oxygens (including phenoxy) is 1. The van der Waals surface area contributed by atoms with Crippen molar-refractivity contribution in [1.29, 1.82) is 0 Å². The summed E-state index contributed by atoms with van der Waals surface area (Å²) < 4.78 is 5.98. The van der Waals surface area contributed by atoms with E-state index in [1.807, 2.05) is 18.2 Å². The van der Waals surface area contributed by atoms with E-state index in [4.69, 9.17) is 4.74 Å². The highest BCUT2D eigenvalue weighted by Crippen LogP contribution is 2.17. The lowest BCUT2D eigenvalue weighted by Gasteiger charge is -2.00. The molecule has 11 heavy (non-hydrogen) atoms. The van der Waals surface area contributed by atoms with Crippen LogP contribution in [0.2, 0.25) is 0 Å². The van der Waals surface area contributed by atoms with Crippen molar-refractivity contribution in [1.82, 2.24) is 0 Å². The van der Waals surface area contributed by atoms with Gasteiger partial charge in [-0.05, 0) is 18.2 Å². The average Bonchev–Trinajstić information content (AvgIpc) is 2.01. The molecule has 58 valence electrons. The van der Waals surface area contributed by atoms with E-state index >= 15 is 0 Å². The molecule has 2 nitrogen and oxygen atoms in total. The largest absolute Gasteiger partial charge is 0.486 e. The lowest BCUT2D eigenvalue weighted by atomic mass is 10.3. The molecule has 0 atom stereocenters. The van der Waals surface area contributed by atoms with Crippen molar-refractivity contribution in [2.45, 2.75) is 0 Å². The van der Waals surface area contributed by atoms with Gasteiger partial charge in [0.15, 0.2) is 6.29 Å². The van der Waals surface area contributed by atoms with Gasteiger partial charge in [0.05, 0.1) is 0 Å². The van der Waals surface area contributed by atoms with Crippen LogP contribution in [0.25, 0.3) is 0 Å². The predicted octanol–water partition coefficient (Wildman–Crippen LogP) is 2.03. The molecule has 0 aromatic heterocycles. The molecule has 0 saturated heterocycles. The number of carbonyl (C=O) groups is 1. The maximum atomic E-state index is 9.93. The normalized spacial score (nSPS) is 9.18. The minimum atomic E-state index is 0.108. The quantitative estimate of drug-likeness (QED) is 0.721. The number of hydrogen-bond acceptors (Lipinski definition) is 2. The summed E-state index contributed by atoms with van der Waals surface area (Å²) >= 11 is 3.29. The Morgan fingerprint density at radius 3 is 3.00 bits per heavy atom. The Balaban J connectivity index is 2.63. The minimum absolute atomic E-state index is 0.108. The molecule has 1 aromatic carbocycles. The summed E-state index contributed by atoms with van der Waals surface area (Å²) in [6.07, 6.45) is 0.723.